The van der Waals surface area contributed by atoms with E-state index in [0.29, 0.717) is 32.3 Å². The molecule has 0 bridgehead atoms. The van der Waals surface area contributed by atoms with Crippen LogP contribution in [0.1, 0.15) is 35.4 Å². The van der Waals surface area contributed by atoms with Crippen molar-refractivity contribution >= 4 is 17.0 Å². The maximum absolute atomic E-state index is 6.29. The van der Waals surface area contributed by atoms with Crippen LogP contribution in [0, 0.1) is 0 Å². The van der Waals surface area contributed by atoms with E-state index in [9.17, 15) is 0 Å². The largest absolute Gasteiger partial charge is 0.494 e. The third kappa shape index (κ3) is 8.27. The number of halogens is 1. The van der Waals surface area contributed by atoms with E-state index >= 15 is 0 Å². The van der Waals surface area contributed by atoms with Crippen molar-refractivity contribution in [1.29, 1.82) is 0 Å². The molecule has 1 N–H and O–H groups in total. The van der Waals surface area contributed by atoms with Gasteiger partial charge in [-0.05, 0) is 41.8 Å². The molecule has 1 saturated heterocycles. The quantitative estimate of drug-likeness (QED) is 0.324. The average molecular weight is 512 g/mol. The van der Waals surface area contributed by atoms with Crippen LogP contribution in [0.4, 0.5) is 0 Å². The summed E-state index contributed by atoms with van der Waals surface area (Å²) in [6.07, 6.45) is 2.13. The molecule has 0 radical (unpaired) electrons. The van der Waals surface area contributed by atoms with Crippen molar-refractivity contribution in [1.82, 2.24) is 5.32 Å². The van der Waals surface area contributed by atoms with Gasteiger partial charge in [0.15, 0.2) is 0 Å². The topological polar surface area (TPSA) is 39.7 Å². The van der Waals surface area contributed by atoms with Crippen molar-refractivity contribution in [2.24, 2.45) is 0 Å². The molecule has 3 aromatic rings. The van der Waals surface area contributed by atoms with E-state index in [1.54, 1.807) is 0 Å². The van der Waals surface area contributed by atoms with E-state index in [0.717, 1.165) is 31.7 Å². The highest BCUT2D eigenvalue weighted by atomic mass is 79.9. The zero-order valence-corrected chi connectivity index (χ0v) is 20.7. The van der Waals surface area contributed by atoms with Crippen molar-refractivity contribution in [2.45, 2.75) is 38.1 Å². The molecule has 1 heterocycles. The molecule has 1 fully saturated rings. The Hall–Kier alpha value is -2.18. The molecule has 2 unspecified atom stereocenters. The predicted molar refractivity (Wildman–Crippen MR) is 138 cm³/mol. The summed E-state index contributed by atoms with van der Waals surface area (Å²) >= 11 is 0. The minimum atomic E-state index is 0. The van der Waals surface area contributed by atoms with E-state index in [1.165, 1.54) is 16.7 Å². The van der Waals surface area contributed by atoms with Gasteiger partial charge in [-0.15, -0.1) is 17.0 Å². The highest BCUT2D eigenvalue weighted by Gasteiger charge is 2.27. The van der Waals surface area contributed by atoms with Crippen LogP contribution < -0.4 is 10.1 Å². The Morgan fingerprint density at radius 3 is 2.12 bits per heavy atom. The van der Waals surface area contributed by atoms with Gasteiger partial charge in [-0.1, -0.05) is 72.8 Å². The molecule has 4 rings (SSSR count). The molecule has 1 aliphatic heterocycles. The van der Waals surface area contributed by atoms with Crippen LogP contribution in [0.3, 0.4) is 0 Å². The van der Waals surface area contributed by atoms with Crippen LogP contribution in [0.25, 0.3) is 0 Å². The number of benzene rings is 3. The van der Waals surface area contributed by atoms with E-state index in [2.05, 4.69) is 66.0 Å². The maximum Gasteiger partial charge on any atom is 0.119 e. The predicted octanol–water partition coefficient (Wildman–Crippen LogP) is 5.91. The molecule has 33 heavy (non-hydrogen) atoms. The summed E-state index contributed by atoms with van der Waals surface area (Å²) < 4.78 is 17.9. The van der Waals surface area contributed by atoms with E-state index < -0.39 is 0 Å². The third-order valence-corrected chi connectivity index (χ3v) is 5.85. The lowest BCUT2D eigenvalue weighted by molar-refractivity contribution is 0.0106. The summed E-state index contributed by atoms with van der Waals surface area (Å²) in [5.41, 5.74) is 3.74. The number of piperidine rings is 1. The van der Waals surface area contributed by atoms with Crippen molar-refractivity contribution in [3.05, 3.63) is 102 Å². The Morgan fingerprint density at radius 2 is 1.42 bits per heavy atom. The molecule has 176 valence electrons. The Balaban J connectivity index is 0.00000306. The van der Waals surface area contributed by atoms with Gasteiger partial charge in [0.05, 0.1) is 32.5 Å². The zero-order valence-electron chi connectivity index (χ0n) is 19.0. The van der Waals surface area contributed by atoms with Gasteiger partial charge in [0, 0.05) is 18.9 Å². The summed E-state index contributed by atoms with van der Waals surface area (Å²) in [4.78, 5) is 0. The van der Waals surface area contributed by atoms with E-state index in [1.807, 2.05) is 24.3 Å². The van der Waals surface area contributed by atoms with Crippen LogP contribution >= 0.6 is 17.0 Å². The van der Waals surface area contributed by atoms with Crippen LogP contribution in [0.2, 0.25) is 0 Å². The van der Waals surface area contributed by atoms with Gasteiger partial charge in [0.25, 0.3) is 0 Å². The number of hydrogen-bond acceptors (Lipinski definition) is 4. The number of hydrogen-bond donors (Lipinski definition) is 1. The van der Waals surface area contributed by atoms with E-state index in [4.69, 9.17) is 14.2 Å². The molecule has 0 spiro atoms. The Labute approximate surface area is 208 Å². The normalized spacial score (nSPS) is 17.8. The molecule has 0 amide bonds. The molecule has 2 atom stereocenters. The Bertz CT molecular complexity index is 905. The molecule has 0 aliphatic carbocycles. The first-order valence-corrected chi connectivity index (χ1v) is 11.6. The van der Waals surface area contributed by atoms with Gasteiger partial charge >= 0.3 is 0 Å². The first-order chi connectivity index (χ1) is 15.9. The van der Waals surface area contributed by atoms with E-state index in [-0.39, 0.29) is 23.1 Å². The molecule has 4 nitrogen and oxygen atoms in total. The van der Waals surface area contributed by atoms with Crippen molar-refractivity contribution < 1.29 is 14.2 Å². The standard InChI is InChI=1S/C28H33NO3.BrH/c1-3-8-23(9-4-1)21-30-18-7-19-31-26-14-12-25(13-15-26)27-16-17-29-20-28(27)32-22-24-10-5-2-6-11-24;/h1-6,8-15,27-29H,7,16-22H2;1H. The molecule has 5 heteroatoms. The Kier molecular flexibility index (Phi) is 10.9. The van der Waals surface area contributed by atoms with Crippen LogP contribution in [-0.4, -0.2) is 32.4 Å². The fraction of sp³-hybridized carbons (Fsp3) is 0.357. The molecule has 3 aromatic carbocycles. The van der Waals surface area contributed by atoms with Gasteiger partial charge in [-0.25, -0.2) is 0 Å². The lowest BCUT2D eigenvalue weighted by Gasteiger charge is -2.32. The zero-order chi connectivity index (χ0) is 21.8. The second-order valence-corrected chi connectivity index (χ2v) is 8.24. The summed E-state index contributed by atoms with van der Waals surface area (Å²) in [6.45, 7) is 4.57. The number of ether oxygens (including phenoxy) is 3. The van der Waals surface area contributed by atoms with Gasteiger partial charge in [-0.3, -0.25) is 0 Å². The van der Waals surface area contributed by atoms with Gasteiger partial charge in [0.1, 0.15) is 5.75 Å². The number of nitrogens with one attached hydrogen (secondary N) is 1. The summed E-state index contributed by atoms with van der Waals surface area (Å²) in [6, 6.07) is 29.2. The minimum Gasteiger partial charge on any atom is -0.494 e. The van der Waals surface area contributed by atoms with Crippen LogP contribution in [0.5, 0.6) is 5.75 Å². The SMILES string of the molecule is Br.c1ccc(COCCCOc2ccc(C3CCNCC3OCc3ccccc3)cc2)cc1. The van der Waals surface area contributed by atoms with Crippen molar-refractivity contribution in [3.8, 4) is 5.75 Å². The monoisotopic (exact) mass is 511 g/mol. The molecule has 0 aromatic heterocycles. The third-order valence-electron chi connectivity index (χ3n) is 5.85. The fourth-order valence-electron chi connectivity index (χ4n) is 4.09. The Morgan fingerprint density at radius 1 is 0.758 bits per heavy atom. The molecular formula is C28H34BrNO3. The summed E-state index contributed by atoms with van der Waals surface area (Å²) in [7, 11) is 0. The lowest BCUT2D eigenvalue weighted by Crippen LogP contribution is -2.40. The molecular weight excluding hydrogens is 478 g/mol. The van der Waals surface area contributed by atoms with Gasteiger partial charge in [-0.2, -0.15) is 0 Å². The van der Waals surface area contributed by atoms with Crippen LogP contribution in [-0.2, 0) is 22.7 Å². The minimum absolute atomic E-state index is 0. The molecule has 0 saturated carbocycles. The highest BCUT2D eigenvalue weighted by Crippen LogP contribution is 2.29. The second-order valence-electron chi connectivity index (χ2n) is 8.24. The first-order valence-electron chi connectivity index (χ1n) is 11.6. The summed E-state index contributed by atoms with van der Waals surface area (Å²) in [5.74, 6) is 1.31. The fourth-order valence-corrected chi connectivity index (χ4v) is 4.09. The van der Waals surface area contributed by atoms with Gasteiger partial charge in [0.2, 0.25) is 0 Å². The number of rotatable bonds is 11. The van der Waals surface area contributed by atoms with Crippen molar-refractivity contribution in [2.75, 3.05) is 26.3 Å². The maximum atomic E-state index is 6.29. The second kappa shape index (κ2) is 14.2. The average Bonchev–Trinajstić information content (AvgIpc) is 2.87. The lowest BCUT2D eigenvalue weighted by atomic mass is 9.87. The van der Waals surface area contributed by atoms with Crippen molar-refractivity contribution in [3.63, 3.8) is 0 Å². The molecule has 1 aliphatic rings. The summed E-state index contributed by atoms with van der Waals surface area (Å²) in [5, 5.41) is 3.48. The smallest absolute Gasteiger partial charge is 0.119 e. The van der Waals surface area contributed by atoms with Gasteiger partial charge < -0.3 is 19.5 Å². The first kappa shape index (κ1) is 25.4. The van der Waals surface area contributed by atoms with Crippen LogP contribution in [0.15, 0.2) is 84.9 Å². The highest BCUT2D eigenvalue weighted by molar-refractivity contribution is 8.93.